The number of methoxy groups -OCH3 is 3. The van der Waals surface area contributed by atoms with E-state index in [0.717, 1.165) is 5.75 Å². The fourth-order valence-electron chi connectivity index (χ4n) is 3.00. The molecule has 0 saturated carbocycles. The highest BCUT2D eigenvalue weighted by Gasteiger charge is 2.23. The Hall–Kier alpha value is -1.54. The number of rotatable bonds is 5. The van der Waals surface area contributed by atoms with Crippen molar-refractivity contribution in [1.29, 1.82) is 0 Å². The topological polar surface area (TPSA) is 63.6 Å². The molecule has 0 fully saturated rings. The van der Waals surface area contributed by atoms with Crippen molar-refractivity contribution in [3.05, 3.63) is 91.0 Å². The summed E-state index contributed by atoms with van der Waals surface area (Å²) < 4.78 is 31.8. The second kappa shape index (κ2) is 45.3. The van der Waals surface area contributed by atoms with Crippen molar-refractivity contribution in [2.24, 2.45) is 0 Å². The number of thioether (sulfide) groups is 2. The lowest BCUT2D eigenvalue weighted by atomic mass is 10.0. The van der Waals surface area contributed by atoms with Crippen LogP contribution in [0, 0.1) is 0 Å². The SMILES string of the molecule is CC(C)(C)Br.CC(C)(C)Cl.CC(C)(C)F.CC(C)(C)N(c1ccccc1)c1ccccc1.CC(C)(C)O.CC(C)(C)Oc1ccccc1.CN(C)C(C)(C)C.COC.COC(C)(C)C.COC(C)(C)SC.CSC. The third kappa shape index (κ3) is 107. The maximum Gasteiger partial charge on any atom is 0.120 e. The van der Waals surface area contributed by atoms with Crippen molar-refractivity contribution >= 4 is 62.4 Å². The van der Waals surface area contributed by atoms with Crippen LogP contribution in [0.1, 0.15) is 180 Å². The first kappa shape index (κ1) is 89.1. The Bertz CT molecular complexity index is 1480. The summed E-state index contributed by atoms with van der Waals surface area (Å²) >= 11 is 12.4. The fourth-order valence-corrected chi connectivity index (χ4v) is 3.17. The van der Waals surface area contributed by atoms with E-state index in [2.05, 4.69) is 168 Å². The van der Waals surface area contributed by atoms with Crippen molar-refractivity contribution in [1.82, 2.24) is 4.90 Å². The molecule has 0 aliphatic carbocycles. The number of aliphatic hydroxyl groups is 1. The summed E-state index contributed by atoms with van der Waals surface area (Å²) in [4.78, 5) is 4.51. The van der Waals surface area contributed by atoms with E-state index in [1.54, 1.807) is 72.7 Å². The van der Waals surface area contributed by atoms with Gasteiger partial charge in [-0.3, -0.25) is 0 Å². The summed E-state index contributed by atoms with van der Waals surface area (Å²) in [6.45, 7) is 51.5. The number of hydrogen-bond acceptors (Lipinski definition) is 9. The molecule has 0 aromatic heterocycles. The van der Waals surface area contributed by atoms with Gasteiger partial charge in [-0.25, -0.2) is 4.39 Å². The number of alkyl halides is 3. The third-order valence-corrected chi connectivity index (χ3v) is 7.95. The van der Waals surface area contributed by atoms with Crippen LogP contribution in [0.25, 0.3) is 0 Å². The van der Waals surface area contributed by atoms with Gasteiger partial charge in [0.05, 0.1) is 11.2 Å². The maximum atomic E-state index is 11.7. The molecule has 3 aromatic carbocycles. The molecule has 7 nitrogen and oxygen atoms in total. The van der Waals surface area contributed by atoms with Gasteiger partial charge in [0.15, 0.2) is 0 Å². The zero-order valence-corrected chi connectivity index (χ0v) is 58.6. The molecule has 3 rings (SSSR count). The van der Waals surface area contributed by atoms with E-state index in [0.29, 0.717) is 9.86 Å². The first-order valence-corrected chi connectivity index (χ1v) is 29.2. The second-order valence-electron chi connectivity index (χ2n) is 25.1. The Kier molecular flexibility index (Phi) is 54.6. The van der Waals surface area contributed by atoms with Gasteiger partial charge in [-0.1, -0.05) is 91.3 Å². The molecule has 0 heterocycles. The molecule has 0 bridgehead atoms. The molecule has 0 aliphatic heterocycles. The highest BCUT2D eigenvalue weighted by atomic mass is 79.9. The molecule has 0 atom stereocenters. The van der Waals surface area contributed by atoms with Gasteiger partial charge in [0.25, 0.3) is 0 Å². The zero-order valence-electron chi connectivity index (χ0n) is 54.6. The Morgan fingerprint density at radius 1 is 0.500 bits per heavy atom. The van der Waals surface area contributed by atoms with Crippen LogP contribution in [0.4, 0.5) is 15.8 Å². The lowest BCUT2D eigenvalue weighted by molar-refractivity contribution is 0.0397. The van der Waals surface area contributed by atoms with Gasteiger partial charge >= 0.3 is 0 Å². The van der Waals surface area contributed by atoms with Crippen LogP contribution in [0.3, 0.4) is 0 Å². The van der Waals surface area contributed by atoms with Crippen LogP contribution in [-0.4, -0.2) is 119 Å². The summed E-state index contributed by atoms with van der Waals surface area (Å²) in [6, 6.07) is 30.9. The number of hydrogen-bond donors (Lipinski definition) is 1. The van der Waals surface area contributed by atoms with Gasteiger partial charge < -0.3 is 33.9 Å². The van der Waals surface area contributed by atoms with Crippen molar-refractivity contribution in [3.8, 4) is 5.75 Å². The van der Waals surface area contributed by atoms with E-state index in [1.807, 2.05) is 125 Å². The maximum absolute atomic E-state index is 11.7. The largest absolute Gasteiger partial charge is 0.488 e. The summed E-state index contributed by atoms with van der Waals surface area (Å²) in [7, 11) is 10.8. The van der Waals surface area contributed by atoms with Crippen LogP contribution in [0.15, 0.2) is 91.0 Å². The number of ether oxygens (including phenoxy) is 4. The average molecular weight is 1170 g/mol. The number of benzene rings is 3. The molecule has 0 spiro atoms. The lowest BCUT2D eigenvalue weighted by Crippen LogP contribution is -2.37. The minimum Gasteiger partial charge on any atom is -0.488 e. The van der Waals surface area contributed by atoms with Crippen molar-refractivity contribution < 1.29 is 28.4 Å². The van der Waals surface area contributed by atoms with Crippen LogP contribution in [-0.2, 0) is 14.2 Å². The summed E-state index contributed by atoms with van der Waals surface area (Å²) in [5.41, 5.74) is 1.29. The van der Waals surface area contributed by atoms with Gasteiger partial charge in [-0.15, -0.1) is 23.4 Å². The molecule has 1 N–H and O–H groups in total. The fraction of sp³-hybridized carbons (Fsp3) is 0.710. The smallest absolute Gasteiger partial charge is 0.120 e. The minimum absolute atomic E-state index is 0. The zero-order chi connectivity index (χ0) is 61.2. The molecule has 74 heavy (non-hydrogen) atoms. The van der Waals surface area contributed by atoms with Crippen LogP contribution in [0.5, 0.6) is 5.75 Å². The summed E-state index contributed by atoms with van der Waals surface area (Å²) in [5.74, 6) is 0.931. The summed E-state index contributed by atoms with van der Waals surface area (Å²) in [5, 5.41) is 8.52. The number of nitrogens with zero attached hydrogens (tertiary/aromatic N) is 2. The van der Waals surface area contributed by atoms with E-state index in [9.17, 15) is 4.39 Å². The molecule has 3 aromatic rings. The van der Waals surface area contributed by atoms with Crippen molar-refractivity contribution in [2.75, 3.05) is 66.2 Å². The molecule has 0 radical (unpaired) electrons. The van der Waals surface area contributed by atoms with Crippen molar-refractivity contribution in [2.45, 2.75) is 228 Å². The first-order valence-electron chi connectivity index (χ1n) is 25.2. The Morgan fingerprint density at radius 3 is 0.824 bits per heavy atom. The normalized spacial score (nSPS) is 11.3. The van der Waals surface area contributed by atoms with Crippen molar-refractivity contribution in [3.63, 3.8) is 0 Å². The van der Waals surface area contributed by atoms with Crippen LogP contribution >= 0.6 is 51.1 Å². The highest BCUT2D eigenvalue weighted by Crippen LogP contribution is 2.32. The Labute approximate surface area is 483 Å². The predicted molar refractivity (Wildman–Crippen MR) is 346 cm³/mol. The molecule has 442 valence electrons. The van der Waals surface area contributed by atoms with E-state index in [4.69, 9.17) is 30.9 Å². The first-order chi connectivity index (χ1) is 32.6. The molecule has 0 saturated heterocycles. The number of para-hydroxylation sites is 3. The van der Waals surface area contributed by atoms with E-state index in [1.165, 1.54) is 32.1 Å². The second-order valence-corrected chi connectivity index (χ2v) is 30.8. The van der Waals surface area contributed by atoms with Crippen LogP contribution in [0.2, 0.25) is 0 Å². The Balaban J connectivity index is -0.000000113. The summed E-state index contributed by atoms with van der Waals surface area (Å²) in [6.07, 6.45) is 6.11. The van der Waals surface area contributed by atoms with Crippen LogP contribution < -0.4 is 9.64 Å². The number of anilines is 2. The predicted octanol–water partition coefficient (Wildman–Crippen LogP) is 20.0. The van der Waals surface area contributed by atoms with E-state index < -0.39 is 11.3 Å². The standard InChI is InChI=1S/C16H19N.C10H14O.C6H15N.C5H12OS.C5H12O.C4H9Br.C4H9Cl.C4H9F.C4H10O.C2H6O.C2H6S/c1-16(2,3)17(14-10-6-4-7-11-14)15-12-8-5-9-13-15;1-10(2,3)11-9-7-5-4-6-8-9;1-6(2,3)7(4)5;1-5(2,6-3)7-4;1-5(2,3)6-4;4*1-4(2,3)5;2*1-3-2/h4-13H,1-3H3;4-8H,1-3H3;1-5H3;1-4H3;1-4H3;3*1-3H3;5H,1-3H3;2*1-2H3. The van der Waals surface area contributed by atoms with Gasteiger partial charge in [-0.05, 0) is 229 Å². The minimum atomic E-state index is -1.00. The highest BCUT2D eigenvalue weighted by molar-refractivity contribution is 9.10. The molecule has 0 amide bonds. The quantitative estimate of drug-likeness (QED) is 0.199. The molecule has 0 aliphatic rings. The average Bonchev–Trinajstić information content (AvgIpc) is 3.16. The third-order valence-electron chi connectivity index (χ3n) is 6.80. The van der Waals surface area contributed by atoms with Gasteiger partial charge in [0.1, 0.15) is 22.0 Å². The van der Waals surface area contributed by atoms with E-state index in [-0.39, 0.29) is 26.5 Å². The lowest BCUT2D eigenvalue weighted by Gasteiger charge is -2.37. The molecular weight excluding hydrogens is 1050 g/mol. The van der Waals surface area contributed by atoms with Gasteiger partial charge in [0, 0.05) is 60.1 Å². The van der Waals surface area contributed by atoms with E-state index >= 15 is 0 Å². The molecular formula is C62H121BrClFN2O5S2. The Morgan fingerprint density at radius 2 is 0.703 bits per heavy atom. The van der Waals surface area contributed by atoms with Gasteiger partial charge in [0.2, 0.25) is 0 Å². The number of halogens is 3. The van der Waals surface area contributed by atoms with Gasteiger partial charge in [-0.2, -0.15) is 11.8 Å². The molecule has 12 heteroatoms. The monoisotopic (exact) mass is 1170 g/mol. The molecule has 0 unspecified atom stereocenters.